The summed E-state index contributed by atoms with van der Waals surface area (Å²) in [5.74, 6) is 1.55. The van der Waals surface area contributed by atoms with E-state index in [1.54, 1.807) is 6.20 Å². The Morgan fingerprint density at radius 3 is 3.00 bits per heavy atom. The van der Waals surface area contributed by atoms with E-state index in [1.165, 1.54) is 0 Å². The molecule has 0 N–H and O–H groups in total. The molecule has 102 valence electrons. The molecule has 0 bridgehead atoms. The van der Waals surface area contributed by atoms with Gasteiger partial charge in [0.1, 0.15) is 0 Å². The average Bonchev–Trinajstić information content (AvgIpc) is 3.00. The van der Waals surface area contributed by atoms with E-state index in [-0.39, 0.29) is 6.79 Å². The van der Waals surface area contributed by atoms with E-state index in [0.29, 0.717) is 0 Å². The predicted molar refractivity (Wildman–Crippen MR) is 81.6 cm³/mol. The summed E-state index contributed by atoms with van der Waals surface area (Å²) in [5, 5.41) is 2.17. The molecule has 1 aliphatic rings. The number of aliphatic imine (C=N–C) groups is 1. The fourth-order valence-corrected chi connectivity index (χ4v) is 2.36. The Labute approximate surface area is 121 Å². The van der Waals surface area contributed by atoms with Gasteiger partial charge < -0.3 is 9.47 Å². The molecule has 1 aromatic heterocycles. The van der Waals surface area contributed by atoms with Crippen LogP contribution in [0.1, 0.15) is 5.56 Å². The van der Waals surface area contributed by atoms with Gasteiger partial charge in [-0.2, -0.15) is 0 Å². The van der Waals surface area contributed by atoms with E-state index < -0.39 is 0 Å². The van der Waals surface area contributed by atoms with E-state index in [2.05, 4.69) is 9.98 Å². The van der Waals surface area contributed by atoms with Crippen molar-refractivity contribution in [1.82, 2.24) is 4.98 Å². The first kappa shape index (κ1) is 11.9. The van der Waals surface area contributed by atoms with Gasteiger partial charge in [-0.3, -0.25) is 9.98 Å². The van der Waals surface area contributed by atoms with Crippen molar-refractivity contribution in [3.05, 3.63) is 60.4 Å². The zero-order valence-corrected chi connectivity index (χ0v) is 11.2. The van der Waals surface area contributed by atoms with Crippen LogP contribution in [0.15, 0.2) is 59.9 Å². The first-order valence-corrected chi connectivity index (χ1v) is 6.67. The van der Waals surface area contributed by atoms with Crippen LogP contribution in [0.5, 0.6) is 11.5 Å². The van der Waals surface area contributed by atoms with E-state index in [1.807, 2.05) is 54.9 Å². The van der Waals surface area contributed by atoms with Gasteiger partial charge >= 0.3 is 0 Å². The fourth-order valence-electron chi connectivity index (χ4n) is 2.36. The van der Waals surface area contributed by atoms with Crippen molar-refractivity contribution in [2.75, 3.05) is 6.79 Å². The third-order valence-corrected chi connectivity index (χ3v) is 3.41. The molecule has 4 rings (SSSR count). The lowest BCUT2D eigenvalue weighted by atomic mass is 10.1. The van der Waals surface area contributed by atoms with Crippen molar-refractivity contribution in [2.24, 2.45) is 4.99 Å². The van der Waals surface area contributed by atoms with Crippen LogP contribution in [0.2, 0.25) is 0 Å². The highest BCUT2D eigenvalue weighted by Gasteiger charge is 2.12. The molecule has 21 heavy (non-hydrogen) atoms. The third-order valence-electron chi connectivity index (χ3n) is 3.41. The summed E-state index contributed by atoms with van der Waals surface area (Å²) in [6.07, 6.45) is 5.45. The molecule has 0 spiro atoms. The Bertz CT molecular complexity index is 838. The third kappa shape index (κ3) is 2.21. The smallest absolute Gasteiger partial charge is 0.231 e. The summed E-state index contributed by atoms with van der Waals surface area (Å²) < 4.78 is 10.7. The van der Waals surface area contributed by atoms with Crippen LogP contribution in [-0.2, 0) is 0 Å². The van der Waals surface area contributed by atoms with Crippen LogP contribution in [0.3, 0.4) is 0 Å². The molecule has 4 heteroatoms. The van der Waals surface area contributed by atoms with Crippen LogP contribution < -0.4 is 9.47 Å². The minimum absolute atomic E-state index is 0.284. The zero-order chi connectivity index (χ0) is 14.1. The molecule has 1 aliphatic heterocycles. The summed E-state index contributed by atoms with van der Waals surface area (Å²) in [6.45, 7) is 0.284. The molecule has 0 atom stereocenters. The van der Waals surface area contributed by atoms with Crippen molar-refractivity contribution in [3.63, 3.8) is 0 Å². The van der Waals surface area contributed by atoms with Crippen molar-refractivity contribution < 1.29 is 9.47 Å². The average molecular weight is 276 g/mol. The normalized spacial score (nSPS) is 13.1. The Balaban J connectivity index is 1.71. The molecule has 0 radical (unpaired) electrons. The molecule has 2 aromatic carbocycles. The van der Waals surface area contributed by atoms with Gasteiger partial charge in [0.2, 0.25) is 6.79 Å². The Morgan fingerprint density at radius 2 is 2.00 bits per heavy atom. The first-order chi connectivity index (χ1) is 10.4. The van der Waals surface area contributed by atoms with E-state index in [4.69, 9.17) is 9.47 Å². The largest absolute Gasteiger partial charge is 0.454 e. The Kier molecular flexibility index (Phi) is 2.78. The van der Waals surface area contributed by atoms with Crippen LogP contribution in [0, 0.1) is 0 Å². The summed E-state index contributed by atoms with van der Waals surface area (Å²) in [7, 11) is 0. The number of benzene rings is 2. The quantitative estimate of drug-likeness (QED) is 0.670. The number of fused-ring (bicyclic) bond motifs is 2. The second-order valence-electron chi connectivity index (χ2n) is 4.74. The first-order valence-electron chi connectivity index (χ1n) is 6.67. The summed E-state index contributed by atoms with van der Waals surface area (Å²) in [6, 6.07) is 13.8. The van der Waals surface area contributed by atoms with Crippen molar-refractivity contribution in [1.29, 1.82) is 0 Å². The van der Waals surface area contributed by atoms with Gasteiger partial charge in [-0.1, -0.05) is 12.1 Å². The monoisotopic (exact) mass is 276 g/mol. The lowest BCUT2D eigenvalue weighted by molar-refractivity contribution is 0.174. The molecule has 3 aromatic rings. The fraction of sp³-hybridized carbons (Fsp3) is 0.0588. The molecule has 0 amide bonds. The van der Waals surface area contributed by atoms with Crippen LogP contribution in [0.4, 0.5) is 5.69 Å². The predicted octanol–water partition coefficient (Wildman–Crippen LogP) is 3.71. The summed E-state index contributed by atoms with van der Waals surface area (Å²) >= 11 is 0. The Hall–Kier alpha value is -2.88. The maximum atomic E-state index is 5.37. The van der Waals surface area contributed by atoms with Gasteiger partial charge in [0.05, 0.1) is 5.69 Å². The number of ether oxygens (including phenoxy) is 2. The summed E-state index contributed by atoms with van der Waals surface area (Å²) in [4.78, 5) is 8.71. The van der Waals surface area contributed by atoms with Crippen LogP contribution >= 0.6 is 0 Å². The van der Waals surface area contributed by atoms with Gasteiger partial charge in [0.25, 0.3) is 0 Å². The number of rotatable bonds is 2. The molecule has 4 nitrogen and oxygen atoms in total. The van der Waals surface area contributed by atoms with Gasteiger partial charge in [-0.15, -0.1) is 0 Å². The number of aromatic nitrogens is 1. The highest BCUT2D eigenvalue weighted by Crippen LogP contribution is 2.32. The van der Waals surface area contributed by atoms with Crippen molar-refractivity contribution in [2.45, 2.75) is 0 Å². The summed E-state index contributed by atoms with van der Waals surface area (Å²) in [5.41, 5.74) is 1.90. The van der Waals surface area contributed by atoms with Gasteiger partial charge in [0, 0.05) is 29.4 Å². The molecule has 0 unspecified atom stereocenters. The maximum Gasteiger partial charge on any atom is 0.231 e. The highest BCUT2D eigenvalue weighted by molar-refractivity contribution is 5.94. The molecular formula is C17H12N2O2. The number of hydrogen-bond acceptors (Lipinski definition) is 4. The second-order valence-corrected chi connectivity index (χ2v) is 4.74. The standard InChI is InChI=1S/C17H12N2O2/c1-2-13-10-18-7-6-14(13)15(3-1)19-9-12-4-5-16-17(8-12)21-11-20-16/h1-10H,11H2. The molecule has 2 heterocycles. The lowest BCUT2D eigenvalue weighted by Gasteiger charge is -2.01. The number of hydrogen-bond donors (Lipinski definition) is 0. The topological polar surface area (TPSA) is 43.7 Å². The molecule has 0 saturated carbocycles. The maximum absolute atomic E-state index is 5.37. The number of pyridine rings is 1. The van der Waals surface area contributed by atoms with Crippen LogP contribution in [-0.4, -0.2) is 18.0 Å². The SMILES string of the molecule is C(=Nc1cccc2cnccc12)c1ccc2c(c1)OCO2. The lowest BCUT2D eigenvalue weighted by Crippen LogP contribution is -1.92. The van der Waals surface area contributed by atoms with Crippen molar-refractivity contribution in [3.8, 4) is 11.5 Å². The molecule has 0 fully saturated rings. The van der Waals surface area contributed by atoms with Gasteiger partial charge in [-0.05, 0) is 35.9 Å². The van der Waals surface area contributed by atoms with E-state index in [0.717, 1.165) is 33.5 Å². The van der Waals surface area contributed by atoms with Crippen molar-refractivity contribution >= 4 is 22.7 Å². The number of nitrogens with zero attached hydrogens (tertiary/aromatic N) is 2. The Morgan fingerprint density at radius 1 is 1.05 bits per heavy atom. The van der Waals surface area contributed by atoms with Gasteiger partial charge in [0.15, 0.2) is 11.5 Å². The zero-order valence-electron chi connectivity index (χ0n) is 11.2. The highest BCUT2D eigenvalue weighted by atomic mass is 16.7. The van der Waals surface area contributed by atoms with E-state index >= 15 is 0 Å². The molecule has 0 saturated heterocycles. The van der Waals surface area contributed by atoms with E-state index in [9.17, 15) is 0 Å². The van der Waals surface area contributed by atoms with Gasteiger partial charge in [-0.25, -0.2) is 0 Å². The second kappa shape index (κ2) is 4.90. The van der Waals surface area contributed by atoms with Crippen LogP contribution in [0.25, 0.3) is 10.8 Å². The molecular weight excluding hydrogens is 264 g/mol. The minimum atomic E-state index is 0.284. The minimum Gasteiger partial charge on any atom is -0.454 e. The molecule has 0 aliphatic carbocycles.